The number of nitrogens with one attached hydrogen (secondary N) is 1. The zero-order valence-corrected chi connectivity index (χ0v) is 20.9. The third kappa shape index (κ3) is 7.88. The van der Waals surface area contributed by atoms with Crippen LogP contribution in [0, 0.1) is 5.92 Å². The molecule has 2 aromatic carbocycles. The van der Waals surface area contributed by atoms with E-state index in [0.717, 1.165) is 23.3 Å². The fraction of sp³-hybridized carbons (Fsp3) is 0.333. The molecule has 1 amide bonds. The number of carbonyl (C=O) groups is 2. The lowest BCUT2D eigenvalue weighted by molar-refractivity contribution is -0.158. The molecule has 0 aromatic heterocycles. The molecule has 192 valence electrons. The maximum atomic E-state index is 13.0. The summed E-state index contributed by atoms with van der Waals surface area (Å²) in [7, 11) is 0. The van der Waals surface area contributed by atoms with Gasteiger partial charge in [0, 0.05) is 5.69 Å². The summed E-state index contributed by atoms with van der Waals surface area (Å²) in [5, 5.41) is 1.93. The number of allylic oxidation sites excluding steroid dienone is 3. The van der Waals surface area contributed by atoms with Crippen LogP contribution in [-0.4, -0.2) is 24.1 Å². The molecule has 0 aliphatic heterocycles. The quantitative estimate of drug-likeness (QED) is 0.413. The van der Waals surface area contributed by atoms with Crippen molar-refractivity contribution in [1.82, 2.24) is 0 Å². The summed E-state index contributed by atoms with van der Waals surface area (Å²) in [6.07, 6.45) is 2.18. The highest BCUT2D eigenvalue weighted by molar-refractivity contribution is 6.31. The van der Waals surface area contributed by atoms with E-state index in [2.05, 4.69) is 5.32 Å². The van der Waals surface area contributed by atoms with Gasteiger partial charge in [0.25, 0.3) is 5.91 Å². The van der Waals surface area contributed by atoms with Crippen LogP contribution in [-0.2, 0) is 20.5 Å². The van der Waals surface area contributed by atoms with Crippen molar-refractivity contribution in [2.24, 2.45) is 5.92 Å². The minimum atomic E-state index is -4.64. The average molecular weight is 522 g/mol. The normalized spacial score (nSPS) is 16.1. The Balaban J connectivity index is 1.58. The lowest BCUT2D eigenvalue weighted by Gasteiger charge is -2.22. The number of ether oxygens (including phenoxy) is 2. The van der Waals surface area contributed by atoms with E-state index in [1.807, 2.05) is 45.1 Å². The monoisotopic (exact) mass is 521 g/mol. The molecule has 5 nitrogen and oxygen atoms in total. The van der Waals surface area contributed by atoms with Crippen LogP contribution in [0.15, 0.2) is 60.7 Å². The Kier molecular flexibility index (Phi) is 8.51. The van der Waals surface area contributed by atoms with Crippen LogP contribution in [0.25, 0.3) is 5.57 Å². The molecule has 2 aromatic rings. The second-order valence-electron chi connectivity index (χ2n) is 9.31. The highest BCUT2D eigenvalue weighted by Crippen LogP contribution is 2.36. The van der Waals surface area contributed by atoms with E-state index in [9.17, 15) is 22.8 Å². The van der Waals surface area contributed by atoms with Gasteiger partial charge in [-0.1, -0.05) is 42.0 Å². The molecule has 9 heteroatoms. The second kappa shape index (κ2) is 11.2. The Labute approximate surface area is 212 Å². The average Bonchev–Trinajstić information content (AvgIpc) is 3.04. The predicted molar refractivity (Wildman–Crippen MR) is 133 cm³/mol. The molecule has 3 rings (SSSR count). The van der Waals surface area contributed by atoms with Crippen molar-refractivity contribution in [2.45, 2.75) is 45.4 Å². The van der Waals surface area contributed by atoms with Gasteiger partial charge in [0.15, 0.2) is 6.61 Å². The molecule has 0 spiro atoms. The van der Waals surface area contributed by atoms with Gasteiger partial charge in [-0.25, -0.2) is 0 Å². The molecule has 0 heterocycles. The molecule has 1 aliphatic rings. The molecule has 1 aliphatic carbocycles. The van der Waals surface area contributed by atoms with Gasteiger partial charge >= 0.3 is 12.1 Å². The van der Waals surface area contributed by atoms with Gasteiger partial charge in [0.05, 0.1) is 16.5 Å². The summed E-state index contributed by atoms with van der Waals surface area (Å²) in [5.41, 5.74) is 0.238. The molecule has 1 unspecified atom stereocenters. The highest BCUT2D eigenvalue weighted by atomic mass is 35.5. The van der Waals surface area contributed by atoms with Gasteiger partial charge in [0.1, 0.15) is 11.4 Å². The van der Waals surface area contributed by atoms with Crippen molar-refractivity contribution < 1.29 is 32.2 Å². The van der Waals surface area contributed by atoms with Gasteiger partial charge < -0.3 is 14.8 Å². The van der Waals surface area contributed by atoms with Crippen molar-refractivity contribution >= 4 is 34.7 Å². The maximum absolute atomic E-state index is 13.0. The van der Waals surface area contributed by atoms with Crippen LogP contribution in [0.2, 0.25) is 5.02 Å². The van der Waals surface area contributed by atoms with Crippen molar-refractivity contribution in [3.05, 3.63) is 76.8 Å². The van der Waals surface area contributed by atoms with Crippen LogP contribution < -0.4 is 10.1 Å². The summed E-state index contributed by atoms with van der Waals surface area (Å²) < 4.78 is 50.1. The number of hydrogen-bond donors (Lipinski definition) is 1. The van der Waals surface area contributed by atoms with Gasteiger partial charge in [-0.05, 0) is 75.1 Å². The molecular weight excluding hydrogens is 495 g/mol. The number of anilines is 1. The second-order valence-corrected chi connectivity index (χ2v) is 9.72. The van der Waals surface area contributed by atoms with E-state index >= 15 is 0 Å². The fourth-order valence-electron chi connectivity index (χ4n) is 3.56. The number of amides is 1. The standard InChI is InChI=1S/C27H27ClF3NO4/c1-26(2,3)36-25(34)18-7-4-6-17(10-11-18)19-8-5-9-21(14-19)35-16-24(33)32-20-12-13-23(28)22(15-20)27(29,30)31/h4-9,12-15,18H,10-11,16H2,1-3H3,(H,32,33). The number of halogens is 4. The van der Waals surface area contributed by atoms with E-state index in [1.165, 1.54) is 6.07 Å². The topological polar surface area (TPSA) is 64.6 Å². The van der Waals surface area contributed by atoms with E-state index in [4.69, 9.17) is 21.1 Å². The van der Waals surface area contributed by atoms with Crippen LogP contribution in [0.5, 0.6) is 5.75 Å². The number of esters is 1. The summed E-state index contributed by atoms with van der Waals surface area (Å²) in [6, 6.07) is 10.3. The molecular formula is C27H27ClF3NO4. The number of benzene rings is 2. The number of alkyl halides is 3. The largest absolute Gasteiger partial charge is 0.484 e. The lowest BCUT2D eigenvalue weighted by atomic mass is 9.97. The Morgan fingerprint density at radius 1 is 1.11 bits per heavy atom. The Morgan fingerprint density at radius 3 is 2.56 bits per heavy atom. The maximum Gasteiger partial charge on any atom is 0.417 e. The summed E-state index contributed by atoms with van der Waals surface area (Å²) in [4.78, 5) is 24.7. The SMILES string of the molecule is CC(C)(C)OC(=O)C1C=CC=C(c2cccc(OCC(=O)Nc3ccc(Cl)c(C(F)(F)F)c3)c2)CC1. The Bertz CT molecular complexity index is 1180. The van der Waals surface area contributed by atoms with E-state index < -0.39 is 34.9 Å². The summed E-state index contributed by atoms with van der Waals surface area (Å²) in [5.74, 6) is -0.799. The molecule has 0 radical (unpaired) electrons. The van der Waals surface area contributed by atoms with Crippen LogP contribution in [0.3, 0.4) is 0 Å². The van der Waals surface area contributed by atoms with Crippen molar-refractivity contribution in [2.75, 3.05) is 11.9 Å². The van der Waals surface area contributed by atoms with E-state index in [1.54, 1.807) is 18.2 Å². The first-order valence-corrected chi connectivity index (χ1v) is 11.7. The van der Waals surface area contributed by atoms with E-state index in [0.29, 0.717) is 18.6 Å². The van der Waals surface area contributed by atoms with Gasteiger partial charge in [-0.3, -0.25) is 9.59 Å². The summed E-state index contributed by atoms with van der Waals surface area (Å²) >= 11 is 5.61. The first-order valence-electron chi connectivity index (χ1n) is 11.3. The fourth-order valence-corrected chi connectivity index (χ4v) is 3.79. The minimum absolute atomic E-state index is 0.0379. The molecule has 0 bridgehead atoms. The summed E-state index contributed by atoms with van der Waals surface area (Å²) in [6.45, 7) is 5.09. The van der Waals surface area contributed by atoms with Gasteiger partial charge in [-0.2, -0.15) is 13.2 Å². The highest BCUT2D eigenvalue weighted by Gasteiger charge is 2.33. The number of rotatable bonds is 6. The molecule has 1 atom stereocenters. The Hall–Kier alpha value is -3.26. The minimum Gasteiger partial charge on any atom is -0.484 e. The number of carbonyl (C=O) groups excluding carboxylic acids is 2. The predicted octanol–water partition coefficient (Wildman–Crippen LogP) is 7.07. The zero-order valence-electron chi connectivity index (χ0n) is 20.1. The van der Waals surface area contributed by atoms with Crippen LogP contribution in [0.4, 0.5) is 18.9 Å². The van der Waals surface area contributed by atoms with Crippen LogP contribution >= 0.6 is 11.6 Å². The zero-order chi connectivity index (χ0) is 26.5. The first kappa shape index (κ1) is 27.3. The smallest absolute Gasteiger partial charge is 0.417 e. The first-order chi connectivity index (χ1) is 16.8. The third-order valence-electron chi connectivity index (χ3n) is 5.21. The molecule has 0 saturated heterocycles. The van der Waals surface area contributed by atoms with Crippen LogP contribution in [0.1, 0.15) is 44.7 Å². The number of hydrogen-bond acceptors (Lipinski definition) is 4. The van der Waals surface area contributed by atoms with Gasteiger partial charge in [0.2, 0.25) is 0 Å². The van der Waals surface area contributed by atoms with Crippen molar-refractivity contribution in [3.8, 4) is 5.75 Å². The lowest BCUT2D eigenvalue weighted by Crippen LogP contribution is -2.28. The van der Waals surface area contributed by atoms with Gasteiger partial charge in [-0.15, -0.1) is 0 Å². The molecule has 0 saturated carbocycles. The molecule has 0 fully saturated rings. The van der Waals surface area contributed by atoms with Crippen molar-refractivity contribution in [1.29, 1.82) is 0 Å². The Morgan fingerprint density at radius 2 is 1.86 bits per heavy atom. The molecule has 1 N–H and O–H groups in total. The molecule has 36 heavy (non-hydrogen) atoms. The van der Waals surface area contributed by atoms with E-state index in [-0.39, 0.29) is 17.6 Å². The van der Waals surface area contributed by atoms with Crippen molar-refractivity contribution in [3.63, 3.8) is 0 Å². The third-order valence-corrected chi connectivity index (χ3v) is 5.53.